The molecule has 0 aliphatic carbocycles. The summed E-state index contributed by atoms with van der Waals surface area (Å²) >= 11 is 2.51. The van der Waals surface area contributed by atoms with E-state index < -0.39 is 65.7 Å². The average Bonchev–Trinajstić information content (AvgIpc) is 3.88. The summed E-state index contributed by atoms with van der Waals surface area (Å²) in [5.41, 5.74) is 6.75. The van der Waals surface area contributed by atoms with Crippen molar-refractivity contribution in [3.63, 3.8) is 0 Å². The molecule has 3 aliphatic rings. The minimum Gasteiger partial charge on any atom is -0.455 e. The fourth-order valence-electron chi connectivity index (χ4n) is 11.7. The zero-order valence-electron chi connectivity index (χ0n) is 52.1. The van der Waals surface area contributed by atoms with Crippen molar-refractivity contribution in [3.8, 4) is 0 Å². The van der Waals surface area contributed by atoms with Gasteiger partial charge >= 0.3 is 5.97 Å². The highest BCUT2D eigenvalue weighted by atomic mass is 32.2. The van der Waals surface area contributed by atoms with Crippen molar-refractivity contribution >= 4 is 82.0 Å². The lowest BCUT2D eigenvalue weighted by molar-refractivity contribution is -0.149. The molecule has 1 unspecified atom stereocenters. The minimum atomic E-state index is -1.06. The molecule has 87 heavy (non-hydrogen) atoms. The third-order valence-corrected chi connectivity index (χ3v) is 19.3. The van der Waals surface area contributed by atoms with Crippen LogP contribution < -0.4 is 11.1 Å². The summed E-state index contributed by atoms with van der Waals surface area (Å²) in [6.07, 6.45) is 6.91. The SMILES string of the molecule is CC[C@H](C)C(CC(=O)[C@H]1CCCCN1C)C(=O)N(C)[C@H](C[C@@H](OC(C)=O)c1nc(C(=O)N(C)[C@@H](CSc2ccccc2)C(=O)C[C@H](CCCCN)C(=O)N[C@@H](Cc2ccccc2)C(=O)N2CCN(C(=O)CCCN3C(=O)C=CC3=O)CC2)cs1)C(C)C. The van der Waals surface area contributed by atoms with Crippen molar-refractivity contribution in [3.05, 3.63) is 94.5 Å². The monoisotopic (exact) mass is 1240 g/mol. The molecule has 22 heteroatoms. The number of carbonyl (C=O) groups is 10. The molecule has 2 aromatic carbocycles. The topological polar surface area (TPSA) is 250 Å². The van der Waals surface area contributed by atoms with E-state index in [0.29, 0.717) is 37.2 Å². The Hall–Kier alpha value is -6.62. The molecular formula is C65H91N9O11S2. The first-order chi connectivity index (χ1) is 41.6. The van der Waals surface area contributed by atoms with E-state index in [4.69, 9.17) is 15.5 Å². The van der Waals surface area contributed by atoms with E-state index >= 15 is 4.79 Å². The van der Waals surface area contributed by atoms with Crippen LogP contribution in [0, 0.1) is 23.7 Å². The highest BCUT2D eigenvalue weighted by Crippen LogP contribution is 2.34. The summed E-state index contributed by atoms with van der Waals surface area (Å²) in [6.45, 7) is 11.5. The Labute approximate surface area is 521 Å². The van der Waals surface area contributed by atoms with Gasteiger partial charge in [-0.1, -0.05) is 95.5 Å². The van der Waals surface area contributed by atoms with Gasteiger partial charge in [0.05, 0.1) is 12.1 Å². The largest absolute Gasteiger partial charge is 0.455 e. The zero-order valence-corrected chi connectivity index (χ0v) is 53.7. The number of piperidine rings is 1. The predicted molar refractivity (Wildman–Crippen MR) is 335 cm³/mol. The number of piperazine rings is 1. The molecular weight excluding hydrogens is 1150 g/mol. The average molecular weight is 1240 g/mol. The summed E-state index contributed by atoms with van der Waals surface area (Å²) < 4.78 is 5.94. The van der Waals surface area contributed by atoms with Crippen LogP contribution in [0.15, 0.2) is 83.1 Å². The van der Waals surface area contributed by atoms with Crippen LogP contribution in [0.1, 0.15) is 139 Å². The number of likely N-dealkylation sites (tertiary alicyclic amines) is 1. The number of amides is 7. The summed E-state index contributed by atoms with van der Waals surface area (Å²) in [4.78, 5) is 153. The Kier molecular flexibility index (Phi) is 27.3. The van der Waals surface area contributed by atoms with Gasteiger partial charge in [-0.15, -0.1) is 23.1 Å². The third kappa shape index (κ3) is 19.9. The normalized spacial score (nSPS) is 17.9. The van der Waals surface area contributed by atoms with Crippen LogP contribution in [0.4, 0.5) is 0 Å². The van der Waals surface area contributed by atoms with Crippen LogP contribution in [0.25, 0.3) is 0 Å². The van der Waals surface area contributed by atoms with Crippen molar-refractivity contribution in [2.45, 2.75) is 153 Å². The number of nitrogens with one attached hydrogen (secondary N) is 1. The second kappa shape index (κ2) is 34.2. The van der Waals surface area contributed by atoms with Gasteiger partial charge in [0, 0.05) is 132 Å². The molecule has 0 radical (unpaired) electrons. The van der Waals surface area contributed by atoms with Gasteiger partial charge < -0.3 is 35.4 Å². The first kappa shape index (κ1) is 69.5. The number of likely N-dealkylation sites (N-methyl/N-ethyl adjacent to an activating group) is 2. The molecule has 7 amide bonds. The predicted octanol–water partition coefficient (Wildman–Crippen LogP) is 6.77. The number of thioether (sulfide) groups is 1. The van der Waals surface area contributed by atoms with Gasteiger partial charge in [0.15, 0.2) is 17.7 Å². The van der Waals surface area contributed by atoms with Crippen LogP contribution in [-0.2, 0) is 54.3 Å². The highest BCUT2D eigenvalue weighted by Gasteiger charge is 2.40. The van der Waals surface area contributed by atoms with Gasteiger partial charge in [0.25, 0.3) is 17.7 Å². The summed E-state index contributed by atoms with van der Waals surface area (Å²) in [7, 11) is 5.23. The van der Waals surface area contributed by atoms with Crippen LogP contribution >= 0.6 is 23.1 Å². The first-order valence-electron chi connectivity index (χ1n) is 30.9. The Balaban J connectivity index is 1.18. The van der Waals surface area contributed by atoms with E-state index in [1.54, 1.807) is 27.1 Å². The van der Waals surface area contributed by atoms with Crippen LogP contribution in [-0.4, -0.2) is 190 Å². The molecule has 2 saturated heterocycles. The van der Waals surface area contributed by atoms with Gasteiger partial charge in [0.1, 0.15) is 16.7 Å². The molecule has 3 aromatic rings. The van der Waals surface area contributed by atoms with Crippen LogP contribution in [0.5, 0.6) is 0 Å². The molecule has 8 atom stereocenters. The molecule has 0 spiro atoms. The molecule has 3 N–H and O–H groups in total. The molecule has 1 aromatic heterocycles. The number of Topliss-reactive ketones (excluding diaryl/α,β-unsaturated/α-hetero) is 2. The molecule has 0 bridgehead atoms. The number of ether oxygens (including phenoxy) is 1. The number of carbonyl (C=O) groups excluding carboxylic acids is 10. The van der Waals surface area contributed by atoms with Crippen molar-refractivity contribution < 1.29 is 52.7 Å². The second-order valence-corrected chi connectivity index (χ2v) is 25.7. The quantitative estimate of drug-likeness (QED) is 0.0276. The van der Waals surface area contributed by atoms with E-state index in [-0.39, 0.29) is 130 Å². The van der Waals surface area contributed by atoms with E-state index in [1.165, 1.54) is 42.8 Å². The lowest BCUT2D eigenvalue weighted by atomic mass is 9.83. The van der Waals surface area contributed by atoms with Crippen LogP contribution in [0.2, 0.25) is 0 Å². The molecule has 6 rings (SSSR count). The first-order valence-corrected chi connectivity index (χ1v) is 32.7. The number of unbranched alkanes of at least 4 members (excludes halogenated alkanes) is 1. The van der Waals surface area contributed by atoms with E-state index in [2.05, 4.69) is 10.2 Å². The molecule has 20 nitrogen and oxygen atoms in total. The molecule has 0 saturated carbocycles. The number of benzene rings is 2. The number of nitrogens with two attached hydrogens (primary N) is 1. The second-order valence-electron chi connectivity index (χ2n) is 23.7. The maximum Gasteiger partial charge on any atom is 0.303 e. The van der Waals surface area contributed by atoms with E-state index in [1.807, 2.05) is 95.4 Å². The molecule has 3 aliphatic heterocycles. The highest BCUT2D eigenvalue weighted by molar-refractivity contribution is 7.99. The Bertz CT molecular complexity index is 2850. The lowest BCUT2D eigenvalue weighted by Crippen LogP contribution is -2.57. The van der Waals surface area contributed by atoms with Gasteiger partial charge in [-0.2, -0.15) is 0 Å². The Morgan fingerprint density at radius 1 is 0.839 bits per heavy atom. The fourth-order valence-corrected chi connectivity index (χ4v) is 13.7. The fraction of sp³-hybridized carbons (Fsp3) is 0.585. The number of esters is 1. The van der Waals surface area contributed by atoms with Gasteiger partial charge in [-0.25, -0.2) is 4.98 Å². The Morgan fingerprint density at radius 3 is 2.11 bits per heavy atom. The molecule has 2 fully saturated rings. The van der Waals surface area contributed by atoms with E-state index in [0.717, 1.165) is 52.5 Å². The number of hydrogen-bond acceptors (Lipinski definition) is 16. The van der Waals surface area contributed by atoms with Crippen LogP contribution in [0.3, 0.4) is 0 Å². The summed E-state index contributed by atoms with van der Waals surface area (Å²) in [5.74, 6) is -4.93. The maximum atomic E-state index is 15.0. The van der Waals surface area contributed by atoms with Crippen molar-refractivity contribution in [2.75, 3.05) is 72.7 Å². The van der Waals surface area contributed by atoms with Gasteiger partial charge in [-0.05, 0) is 81.8 Å². The van der Waals surface area contributed by atoms with Crippen molar-refractivity contribution in [2.24, 2.45) is 29.4 Å². The standard InChI is InChI=1S/C65H91N9O11S2/c1-9-44(4)49(39-56(77)52-26-17-19-31-69(52)6)63(82)70(7)53(43(2)3)40-57(85-45(5)75)62-68-51(41-87-62)64(83)71(8)54(42-86-48-24-14-11-15-25-48)55(76)38-47(23-16-18-30-66)61(81)67-50(37-46-21-12-10-13-22-46)65(84)73-35-33-72(34-36-73)58(78)27-20-32-74-59(79)28-29-60(74)80/h10-15,21-22,24-25,28-29,41,43-44,47,49-50,52-54,57H,9,16-20,23,26-27,30-40,42,66H2,1-8H3,(H,67,81)/t44-,47-,49?,50-,52+,53+,54-,57+/m0/s1. The summed E-state index contributed by atoms with van der Waals surface area (Å²) in [5, 5.41) is 4.93. The van der Waals surface area contributed by atoms with Crippen molar-refractivity contribution in [1.29, 1.82) is 0 Å². The number of aromatic nitrogens is 1. The minimum absolute atomic E-state index is 0.0149. The summed E-state index contributed by atoms with van der Waals surface area (Å²) in [6, 6.07) is 16.0. The molecule has 4 heterocycles. The molecule has 474 valence electrons. The van der Waals surface area contributed by atoms with E-state index in [9.17, 15) is 43.2 Å². The van der Waals surface area contributed by atoms with Gasteiger partial charge in [0.2, 0.25) is 23.6 Å². The van der Waals surface area contributed by atoms with Gasteiger partial charge in [-0.3, -0.25) is 57.7 Å². The third-order valence-electron chi connectivity index (χ3n) is 17.3. The Morgan fingerprint density at radius 2 is 1.49 bits per heavy atom. The smallest absolute Gasteiger partial charge is 0.303 e. The maximum absolute atomic E-state index is 15.0. The van der Waals surface area contributed by atoms with Crippen molar-refractivity contribution in [1.82, 2.24) is 39.7 Å². The zero-order chi connectivity index (χ0) is 63.3. The number of thiazole rings is 1. The number of ketones is 2. The number of rotatable bonds is 33. The number of nitrogens with zero attached hydrogens (tertiary/aromatic N) is 7. The lowest BCUT2D eigenvalue weighted by Gasteiger charge is -2.37. The number of imide groups is 1. The number of hydrogen-bond donors (Lipinski definition) is 2.